The van der Waals surface area contributed by atoms with E-state index in [-0.39, 0.29) is 41.3 Å². The van der Waals surface area contributed by atoms with Gasteiger partial charge in [-0.15, -0.1) is 24.0 Å². The first-order chi connectivity index (χ1) is 11.1. The average Bonchev–Trinajstić information content (AvgIpc) is 2.54. The number of methoxy groups -OCH3 is 1. The number of nitrogens with zero attached hydrogens (tertiary/aromatic N) is 1. The molecule has 1 aliphatic heterocycles. The zero-order chi connectivity index (χ0) is 16.7. The SMILES string of the molecule is COCC(C)NC(N)=NCC1(c2cccc(F)c2)CCOCC1.I. The molecule has 0 aromatic heterocycles. The number of aliphatic imine (C=N–C) groups is 1. The van der Waals surface area contributed by atoms with E-state index in [0.29, 0.717) is 32.3 Å². The Balaban J connectivity index is 0.00000288. The van der Waals surface area contributed by atoms with Crippen LogP contribution in [-0.2, 0) is 14.9 Å². The first kappa shape index (κ1) is 21.1. The van der Waals surface area contributed by atoms with Crippen molar-refractivity contribution < 1.29 is 13.9 Å². The molecule has 1 heterocycles. The molecule has 136 valence electrons. The smallest absolute Gasteiger partial charge is 0.188 e. The third-order valence-electron chi connectivity index (χ3n) is 4.25. The number of halogens is 2. The minimum atomic E-state index is -0.225. The Bertz CT molecular complexity index is 536. The molecule has 0 amide bonds. The first-order valence-electron chi connectivity index (χ1n) is 7.95. The lowest BCUT2D eigenvalue weighted by Gasteiger charge is -2.36. The number of guanidine groups is 1. The van der Waals surface area contributed by atoms with Crippen LogP contribution in [0.2, 0.25) is 0 Å². The molecule has 1 aromatic carbocycles. The van der Waals surface area contributed by atoms with Gasteiger partial charge in [0.1, 0.15) is 5.82 Å². The number of ether oxygens (including phenoxy) is 2. The normalized spacial score (nSPS) is 18.5. The minimum Gasteiger partial charge on any atom is -0.383 e. The summed E-state index contributed by atoms with van der Waals surface area (Å²) < 4.78 is 24.2. The highest BCUT2D eigenvalue weighted by molar-refractivity contribution is 14.0. The Morgan fingerprint density at radius 3 is 2.79 bits per heavy atom. The predicted molar refractivity (Wildman–Crippen MR) is 105 cm³/mol. The van der Waals surface area contributed by atoms with Crippen molar-refractivity contribution in [3.63, 3.8) is 0 Å². The van der Waals surface area contributed by atoms with Crippen molar-refractivity contribution in [2.75, 3.05) is 33.5 Å². The van der Waals surface area contributed by atoms with Gasteiger partial charge in [0.15, 0.2) is 5.96 Å². The van der Waals surface area contributed by atoms with Crippen molar-refractivity contribution in [2.45, 2.75) is 31.2 Å². The second-order valence-electron chi connectivity index (χ2n) is 6.11. The molecule has 0 saturated carbocycles. The zero-order valence-corrected chi connectivity index (χ0v) is 16.6. The summed E-state index contributed by atoms with van der Waals surface area (Å²) >= 11 is 0. The zero-order valence-electron chi connectivity index (χ0n) is 14.3. The Morgan fingerprint density at radius 2 is 2.17 bits per heavy atom. The highest BCUT2D eigenvalue weighted by Crippen LogP contribution is 2.35. The Hall–Kier alpha value is -0.930. The molecule has 1 fully saturated rings. The highest BCUT2D eigenvalue weighted by Gasteiger charge is 2.34. The molecule has 5 nitrogen and oxygen atoms in total. The maximum absolute atomic E-state index is 13.6. The van der Waals surface area contributed by atoms with Gasteiger partial charge in [-0.3, -0.25) is 4.99 Å². The van der Waals surface area contributed by atoms with Crippen LogP contribution in [0.1, 0.15) is 25.3 Å². The van der Waals surface area contributed by atoms with E-state index < -0.39 is 0 Å². The van der Waals surface area contributed by atoms with E-state index in [0.717, 1.165) is 18.4 Å². The Kier molecular flexibility index (Phi) is 8.93. The molecule has 0 radical (unpaired) electrons. The summed E-state index contributed by atoms with van der Waals surface area (Å²) in [7, 11) is 1.65. The fourth-order valence-electron chi connectivity index (χ4n) is 2.94. The van der Waals surface area contributed by atoms with Crippen LogP contribution >= 0.6 is 24.0 Å². The van der Waals surface area contributed by atoms with Crippen molar-refractivity contribution in [3.05, 3.63) is 35.6 Å². The van der Waals surface area contributed by atoms with E-state index in [1.54, 1.807) is 19.2 Å². The van der Waals surface area contributed by atoms with Gasteiger partial charge in [-0.05, 0) is 37.5 Å². The lowest BCUT2D eigenvalue weighted by Crippen LogP contribution is -2.43. The second-order valence-corrected chi connectivity index (χ2v) is 6.11. The van der Waals surface area contributed by atoms with E-state index in [4.69, 9.17) is 15.2 Å². The van der Waals surface area contributed by atoms with Crippen LogP contribution in [0, 0.1) is 5.82 Å². The van der Waals surface area contributed by atoms with E-state index in [2.05, 4.69) is 10.3 Å². The molecular formula is C17H27FIN3O2. The third kappa shape index (κ3) is 5.86. The molecule has 0 bridgehead atoms. The summed E-state index contributed by atoms with van der Waals surface area (Å²) in [6.45, 7) is 4.35. The molecule has 1 aromatic rings. The lowest BCUT2D eigenvalue weighted by molar-refractivity contribution is 0.0530. The van der Waals surface area contributed by atoms with Gasteiger partial charge < -0.3 is 20.5 Å². The van der Waals surface area contributed by atoms with Crippen LogP contribution in [0.3, 0.4) is 0 Å². The maximum Gasteiger partial charge on any atom is 0.188 e. The summed E-state index contributed by atoms with van der Waals surface area (Å²) in [6, 6.07) is 6.85. The van der Waals surface area contributed by atoms with Crippen molar-refractivity contribution in [1.29, 1.82) is 0 Å². The minimum absolute atomic E-state index is 0. The number of hydrogen-bond acceptors (Lipinski definition) is 3. The predicted octanol–water partition coefficient (Wildman–Crippen LogP) is 2.43. The molecule has 0 aliphatic carbocycles. The maximum atomic E-state index is 13.6. The molecule has 1 aliphatic rings. The second kappa shape index (κ2) is 10.1. The fraction of sp³-hybridized carbons (Fsp3) is 0.588. The van der Waals surface area contributed by atoms with Crippen LogP contribution in [-0.4, -0.2) is 45.5 Å². The standard InChI is InChI=1S/C17H26FN3O2.HI/c1-13(11-22-2)21-16(19)20-12-17(6-8-23-9-7-17)14-4-3-5-15(18)10-14;/h3-5,10,13H,6-9,11-12H2,1-2H3,(H3,19,20,21);1H. The summed E-state index contributed by atoms with van der Waals surface area (Å²) in [5.41, 5.74) is 6.70. The Morgan fingerprint density at radius 1 is 1.46 bits per heavy atom. The topological polar surface area (TPSA) is 68.9 Å². The van der Waals surface area contributed by atoms with Gasteiger partial charge in [-0.1, -0.05) is 12.1 Å². The summed E-state index contributed by atoms with van der Waals surface area (Å²) in [5.74, 6) is 0.161. The van der Waals surface area contributed by atoms with Crippen molar-refractivity contribution in [3.8, 4) is 0 Å². The van der Waals surface area contributed by atoms with Gasteiger partial charge in [-0.25, -0.2) is 4.39 Å². The number of benzene rings is 1. The Labute approximate surface area is 160 Å². The van der Waals surface area contributed by atoms with Crippen LogP contribution < -0.4 is 11.1 Å². The molecule has 2 rings (SSSR count). The van der Waals surface area contributed by atoms with Crippen LogP contribution in [0.25, 0.3) is 0 Å². The van der Waals surface area contributed by atoms with Crippen molar-refractivity contribution >= 4 is 29.9 Å². The van der Waals surface area contributed by atoms with Crippen LogP contribution in [0.5, 0.6) is 0 Å². The molecule has 1 unspecified atom stereocenters. The van der Waals surface area contributed by atoms with Gasteiger partial charge in [0, 0.05) is 31.8 Å². The molecule has 3 N–H and O–H groups in total. The molecule has 1 saturated heterocycles. The van der Waals surface area contributed by atoms with E-state index in [9.17, 15) is 4.39 Å². The summed E-state index contributed by atoms with van der Waals surface area (Å²) in [6.07, 6.45) is 1.61. The number of hydrogen-bond donors (Lipinski definition) is 2. The third-order valence-corrected chi connectivity index (χ3v) is 4.25. The van der Waals surface area contributed by atoms with Crippen LogP contribution in [0.15, 0.2) is 29.3 Å². The summed E-state index contributed by atoms with van der Waals surface area (Å²) in [4.78, 5) is 4.50. The molecular weight excluding hydrogens is 424 g/mol. The van der Waals surface area contributed by atoms with Crippen molar-refractivity contribution in [2.24, 2.45) is 10.7 Å². The van der Waals surface area contributed by atoms with Gasteiger partial charge in [0.05, 0.1) is 13.2 Å². The number of nitrogens with one attached hydrogen (secondary N) is 1. The molecule has 1 atom stereocenters. The lowest BCUT2D eigenvalue weighted by atomic mass is 9.74. The van der Waals surface area contributed by atoms with E-state index in [1.165, 1.54) is 6.07 Å². The van der Waals surface area contributed by atoms with Gasteiger partial charge in [-0.2, -0.15) is 0 Å². The number of rotatable bonds is 6. The van der Waals surface area contributed by atoms with E-state index in [1.807, 2.05) is 13.0 Å². The van der Waals surface area contributed by atoms with Gasteiger partial charge in [0.2, 0.25) is 0 Å². The average molecular weight is 451 g/mol. The monoisotopic (exact) mass is 451 g/mol. The van der Waals surface area contributed by atoms with Crippen molar-refractivity contribution in [1.82, 2.24) is 5.32 Å². The number of nitrogens with two attached hydrogens (primary N) is 1. The highest BCUT2D eigenvalue weighted by atomic mass is 127. The van der Waals surface area contributed by atoms with Gasteiger partial charge >= 0.3 is 0 Å². The first-order valence-corrected chi connectivity index (χ1v) is 7.95. The molecule has 24 heavy (non-hydrogen) atoms. The summed E-state index contributed by atoms with van der Waals surface area (Å²) in [5, 5.41) is 3.10. The quantitative estimate of drug-likeness (QED) is 0.396. The largest absolute Gasteiger partial charge is 0.383 e. The molecule has 0 spiro atoms. The fourth-order valence-corrected chi connectivity index (χ4v) is 2.94. The molecule has 7 heteroatoms. The van der Waals surface area contributed by atoms with Gasteiger partial charge in [0.25, 0.3) is 0 Å². The van der Waals surface area contributed by atoms with Crippen LogP contribution in [0.4, 0.5) is 4.39 Å². The van der Waals surface area contributed by atoms with E-state index >= 15 is 0 Å².